The number of hydrogen-bond acceptors (Lipinski definition) is 2. The highest BCUT2D eigenvalue weighted by atomic mass is 35.5. The molecule has 2 aromatic rings. The number of nitrogens with zero attached hydrogens (tertiary/aromatic N) is 3. The number of hydrogen-bond donors (Lipinski definition) is 0. The van der Waals surface area contributed by atoms with Gasteiger partial charge in [-0.15, -0.1) is 0 Å². The van der Waals surface area contributed by atoms with Gasteiger partial charge >= 0.3 is 0 Å². The van der Waals surface area contributed by atoms with Gasteiger partial charge in [0.25, 0.3) is 0 Å². The lowest BCUT2D eigenvalue weighted by Crippen LogP contribution is -2.14. The van der Waals surface area contributed by atoms with Gasteiger partial charge in [-0.1, -0.05) is 41.4 Å². The minimum atomic E-state index is 0.572. The molecule has 2 aromatic carbocycles. The van der Waals surface area contributed by atoms with E-state index in [1.165, 1.54) is 0 Å². The van der Waals surface area contributed by atoms with Gasteiger partial charge in [0.1, 0.15) is 0 Å². The maximum Gasteiger partial charge on any atom is 0.0910 e. The summed E-state index contributed by atoms with van der Waals surface area (Å²) in [6.45, 7) is 2.93. The van der Waals surface area contributed by atoms with E-state index in [1.807, 2.05) is 60.3 Å². The zero-order chi connectivity index (χ0) is 16.1. The summed E-state index contributed by atoms with van der Waals surface area (Å²) in [6, 6.07) is 13.6. The van der Waals surface area contributed by atoms with Crippen molar-refractivity contribution in [3.05, 3.63) is 52.5 Å². The molecule has 0 aliphatic carbocycles. The second kappa shape index (κ2) is 7.52. The van der Waals surface area contributed by atoms with E-state index < -0.39 is 0 Å². The average molecular weight is 336 g/mol. The first-order chi connectivity index (χ1) is 10.5. The first kappa shape index (κ1) is 16.7. The van der Waals surface area contributed by atoms with Gasteiger partial charge < -0.3 is 9.80 Å². The first-order valence-corrected chi connectivity index (χ1v) is 7.80. The van der Waals surface area contributed by atoms with Gasteiger partial charge in [0.05, 0.1) is 27.8 Å². The molecule has 0 bridgehead atoms. The molecule has 0 N–H and O–H groups in total. The Morgan fingerprint density at radius 1 is 1.05 bits per heavy atom. The molecule has 0 saturated carbocycles. The maximum absolute atomic E-state index is 6.41. The molecule has 0 spiro atoms. The molecule has 0 aliphatic heterocycles. The van der Waals surface area contributed by atoms with Crippen LogP contribution < -0.4 is 4.90 Å². The molecule has 22 heavy (non-hydrogen) atoms. The summed E-state index contributed by atoms with van der Waals surface area (Å²) < 4.78 is 0. The zero-order valence-corrected chi connectivity index (χ0v) is 14.4. The fraction of sp³-hybridized carbons (Fsp3) is 0.235. The van der Waals surface area contributed by atoms with Crippen molar-refractivity contribution in [3.63, 3.8) is 0 Å². The van der Waals surface area contributed by atoms with Crippen LogP contribution in [0.25, 0.3) is 0 Å². The molecule has 0 aliphatic rings. The van der Waals surface area contributed by atoms with E-state index in [2.05, 4.69) is 11.9 Å². The fourth-order valence-electron chi connectivity index (χ4n) is 1.91. The van der Waals surface area contributed by atoms with Crippen LogP contribution in [0.5, 0.6) is 0 Å². The van der Waals surface area contributed by atoms with Crippen LogP contribution in [0.4, 0.5) is 17.1 Å². The Morgan fingerprint density at radius 3 is 2.36 bits per heavy atom. The van der Waals surface area contributed by atoms with E-state index >= 15 is 0 Å². The Kier molecular flexibility index (Phi) is 5.69. The van der Waals surface area contributed by atoms with Crippen LogP contribution in [0, 0.1) is 0 Å². The van der Waals surface area contributed by atoms with Crippen molar-refractivity contribution in [3.8, 4) is 0 Å². The van der Waals surface area contributed by atoms with Gasteiger partial charge in [0.15, 0.2) is 0 Å². The van der Waals surface area contributed by atoms with E-state index in [-0.39, 0.29) is 0 Å². The lowest BCUT2D eigenvalue weighted by atomic mass is 10.2. The van der Waals surface area contributed by atoms with Crippen LogP contribution in [0.15, 0.2) is 47.5 Å². The summed E-state index contributed by atoms with van der Waals surface area (Å²) in [6.07, 6.45) is 1.75. The molecule has 0 saturated heterocycles. The van der Waals surface area contributed by atoms with Crippen LogP contribution in [-0.4, -0.2) is 31.9 Å². The molecular formula is C17H19Cl2N3. The summed E-state index contributed by atoms with van der Waals surface area (Å²) in [5, 5.41) is 1.19. The molecule has 3 nitrogen and oxygen atoms in total. The Bertz CT molecular complexity index is 656. The van der Waals surface area contributed by atoms with Gasteiger partial charge in [-0.05, 0) is 31.2 Å². The van der Waals surface area contributed by atoms with Gasteiger partial charge in [-0.25, -0.2) is 4.99 Å². The Morgan fingerprint density at radius 2 is 1.73 bits per heavy atom. The summed E-state index contributed by atoms with van der Waals surface area (Å²) in [7, 11) is 3.91. The fourth-order valence-corrected chi connectivity index (χ4v) is 2.41. The third-order valence-electron chi connectivity index (χ3n) is 3.41. The average Bonchev–Trinajstić information content (AvgIpc) is 2.55. The van der Waals surface area contributed by atoms with Crippen LogP contribution in [0.3, 0.4) is 0 Å². The van der Waals surface area contributed by atoms with Crippen LogP contribution in [0.2, 0.25) is 10.0 Å². The van der Waals surface area contributed by atoms with Gasteiger partial charge in [-0.2, -0.15) is 0 Å². The van der Waals surface area contributed by atoms with Gasteiger partial charge in [0, 0.05) is 26.3 Å². The van der Waals surface area contributed by atoms with Crippen molar-refractivity contribution >= 4 is 46.6 Å². The molecule has 0 amide bonds. The molecule has 5 heteroatoms. The standard InChI is InChI=1S/C17H19Cl2N3/c1-4-21(2)12-20-16-10-15(19)17(11-14(16)18)22(3)13-8-6-5-7-9-13/h5-12H,4H2,1-3H3. The Labute approximate surface area is 141 Å². The van der Waals surface area contributed by atoms with E-state index in [0.717, 1.165) is 17.9 Å². The van der Waals surface area contributed by atoms with E-state index in [9.17, 15) is 0 Å². The van der Waals surface area contributed by atoms with Gasteiger partial charge in [-0.3, -0.25) is 0 Å². The summed E-state index contributed by atoms with van der Waals surface area (Å²) in [5.74, 6) is 0. The number of aliphatic imine (C=N–C) groups is 1. The van der Waals surface area contributed by atoms with Crippen molar-refractivity contribution in [1.29, 1.82) is 0 Å². The molecule has 0 radical (unpaired) electrons. The maximum atomic E-state index is 6.41. The quantitative estimate of drug-likeness (QED) is 0.540. The van der Waals surface area contributed by atoms with E-state index in [1.54, 1.807) is 12.4 Å². The second-order valence-corrected chi connectivity index (χ2v) is 5.78. The Balaban J connectivity index is 2.32. The number of benzene rings is 2. The minimum Gasteiger partial charge on any atom is -0.366 e. The highest BCUT2D eigenvalue weighted by molar-refractivity contribution is 6.37. The SMILES string of the molecule is CCN(C)C=Nc1cc(Cl)c(N(C)c2ccccc2)cc1Cl. The van der Waals surface area contributed by atoms with Crippen molar-refractivity contribution < 1.29 is 0 Å². The highest BCUT2D eigenvalue weighted by Crippen LogP contribution is 2.38. The van der Waals surface area contributed by atoms with Crippen molar-refractivity contribution in [2.24, 2.45) is 4.99 Å². The number of rotatable bonds is 5. The third-order valence-corrected chi connectivity index (χ3v) is 4.02. The van der Waals surface area contributed by atoms with Crippen LogP contribution in [0.1, 0.15) is 6.92 Å². The first-order valence-electron chi connectivity index (χ1n) is 7.05. The van der Waals surface area contributed by atoms with Crippen LogP contribution >= 0.6 is 23.2 Å². The predicted octanol–water partition coefficient (Wildman–Crippen LogP) is 5.37. The molecule has 0 atom stereocenters. The van der Waals surface area contributed by atoms with E-state index in [0.29, 0.717) is 15.7 Å². The monoisotopic (exact) mass is 335 g/mol. The summed E-state index contributed by atoms with van der Waals surface area (Å²) in [5.41, 5.74) is 2.56. The predicted molar refractivity (Wildman–Crippen MR) is 97.4 cm³/mol. The summed E-state index contributed by atoms with van der Waals surface area (Å²) >= 11 is 12.7. The molecule has 116 valence electrons. The smallest absolute Gasteiger partial charge is 0.0910 e. The lowest BCUT2D eigenvalue weighted by Gasteiger charge is -2.21. The zero-order valence-electron chi connectivity index (χ0n) is 12.9. The number of anilines is 2. The second-order valence-electron chi connectivity index (χ2n) is 4.97. The number of para-hydroxylation sites is 1. The molecular weight excluding hydrogens is 317 g/mol. The lowest BCUT2D eigenvalue weighted by molar-refractivity contribution is 0.552. The highest BCUT2D eigenvalue weighted by Gasteiger charge is 2.12. The molecule has 0 unspecified atom stereocenters. The molecule has 2 rings (SSSR count). The topological polar surface area (TPSA) is 18.8 Å². The largest absolute Gasteiger partial charge is 0.366 e. The van der Waals surface area contributed by atoms with Crippen molar-refractivity contribution in [2.45, 2.75) is 6.92 Å². The summed E-state index contributed by atoms with van der Waals surface area (Å²) in [4.78, 5) is 8.34. The van der Waals surface area contributed by atoms with Crippen molar-refractivity contribution in [1.82, 2.24) is 4.90 Å². The number of halogens is 2. The third kappa shape index (κ3) is 3.93. The minimum absolute atomic E-state index is 0.572. The van der Waals surface area contributed by atoms with Crippen molar-refractivity contribution in [2.75, 3.05) is 25.5 Å². The molecule has 0 aromatic heterocycles. The normalized spacial score (nSPS) is 11.0. The van der Waals surface area contributed by atoms with Gasteiger partial charge in [0.2, 0.25) is 0 Å². The van der Waals surface area contributed by atoms with E-state index in [4.69, 9.17) is 23.2 Å². The molecule has 0 heterocycles. The molecule has 0 fully saturated rings. The van der Waals surface area contributed by atoms with Crippen LogP contribution in [-0.2, 0) is 0 Å². The Hall–Kier alpha value is -1.71.